The van der Waals surface area contributed by atoms with Crippen molar-refractivity contribution in [2.45, 2.75) is 26.3 Å². The highest BCUT2D eigenvalue weighted by atomic mass is 79.9. The van der Waals surface area contributed by atoms with Crippen molar-refractivity contribution in [3.05, 3.63) is 32.8 Å². The molecule has 0 saturated heterocycles. The molecule has 1 aromatic rings. The molecule has 0 heterocycles. The molecule has 1 aromatic carbocycles. The smallest absolute Gasteiger partial charge is 0.270 e. The van der Waals surface area contributed by atoms with Crippen LogP contribution in [0.4, 0.5) is 11.4 Å². The summed E-state index contributed by atoms with van der Waals surface area (Å²) >= 11 is 3.29. The second-order valence-electron chi connectivity index (χ2n) is 4.57. The van der Waals surface area contributed by atoms with Gasteiger partial charge in [0.15, 0.2) is 0 Å². The maximum atomic E-state index is 10.6. The number of nitro benzene ring substituents is 1. The van der Waals surface area contributed by atoms with Crippen molar-refractivity contribution in [2.75, 3.05) is 11.9 Å². The van der Waals surface area contributed by atoms with Gasteiger partial charge in [-0.1, -0.05) is 13.8 Å². The third-order valence-corrected chi connectivity index (χ3v) is 3.16. The van der Waals surface area contributed by atoms with Crippen LogP contribution in [0.25, 0.3) is 0 Å². The van der Waals surface area contributed by atoms with Crippen molar-refractivity contribution in [1.82, 2.24) is 0 Å². The largest absolute Gasteiger partial charge is 0.394 e. The number of benzene rings is 1. The Bertz CT molecular complexity index is 424. The fourth-order valence-corrected chi connectivity index (χ4v) is 2.18. The summed E-state index contributed by atoms with van der Waals surface area (Å²) in [6.45, 7) is 4.19. The third-order valence-electron chi connectivity index (χ3n) is 2.50. The number of hydrogen-bond donors (Lipinski definition) is 2. The molecule has 0 fully saturated rings. The average Bonchev–Trinajstić information content (AvgIpc) is 2.29. The number of aliphatic hydroxyl groups excluding tert-OH is 1. The predicted molar refractivity (Wildman–Crippen MR) is 74.7 cm³/mol. The molecule has 0 amide bonds. The highest BCUT2D eigenvalue weighted by Gasteiger charge is 2.13. The molecule has 0 aliphatic rings. The zero-order chi connectivity index (χ0) is 13.7. The Labute approximate surface area is 114 Å². The van der Waals surface area contributed by atoms with Crippen LogP contribution < -0.4 is 5.32 Å². The van der Waals surface area contributed by atoms with Crippen LogP contribution in [0.2, 0.25) is 0 Å². The molecule has 6 heteroatoms. The van der Waals surface area contributed by atoms with Crippen molar-refractivity contribution in [1.29, 1.82) is 0 Å². The van der Waals surface area contributed by atoms with E-state index < -0.39 is 4.92 Å². The number of non-ortho nitro benzene ring substituents is 1. The highest BCUT2D eigenvalue weighted by molar-refractivity contribution is 9.10. The van der Waals surface area contributed by atoms with Crippen molar-refractivity contribution in [3.8, 4) is 0 Å². The number of nitro groups is 1. The van der Waals surface area contributed by atoms with Gasteiger partial charge in [-0.25, -0.2) is 0 Å². The molecule has 1 rings (SSSR count). The van der Waals surface area contributed by atoms with E-state index in [0.717, 1.165) is 12.1 Å². The minimum absolute atomic E-state index is 0.0294. The highest BCUT2D eigenvalue weighted by Crippen LogP contribution is 2.28. The third kappa shape index (κ3) is 4.27. The first kappa shape index (κ1) is 14.9. The van der Waals surface area contributed by atoms with E-state index >= 15 is 0 Å². The van der Waals surface area contributed by atoms with Gasteiger partial charge in [0.25, 0.3) is 5.69 Å². The van der Waals surface area contributed by atoms with Gasteiger partial charge in [0.05, 0.1) is 11.5 Å². The monoisotopic (exact) mass is 316 g/mol. The number of nitrogens with one attached hydrogen (secondary N) is 1. The molecule has 2 N–H and O–H groups in total. The summed E-state index contributed by atoms with van der Waals surface area (Å²) in [4.78, 5) is 10.2. The normalized spacial score (nSPS) is 12.5. The molecule has 5 nitrogen and oxygen atoms in total. The maximum absolute atomic E-state index is 10.6. The standard InChI is InChI=1S/C12H17BrN2O3/c1-8(2)5-9(7-16)14-12-4-3-10(15(17)18)6-11(12)13/h3-4,6,8-9,14,16H,5,7H2,1-2H3. The van der Waals surface area contributed by atoms with Gasteiger partial charge >= 0.3 is 0 Å². The summed E-state index contributed by atoms with van der Waals surface area (Å²) < 4.78 is 0.624. The van der Waals surface area contributed by atoms with Crippen LogP contribution in [0.15, 0.2) is 22.7 Å². The van der Waals surface area contributed by atoms with Crippen molar-refractivity contribution in [2.24, 2.45) is 5.92 Å². The Morgan fingerprint density at radius 3 is 2.61 bits per heavy atom. The quantitative estimate of drug-likeness (QED) is 0.624. The first-order valence-corrected chi connectivity index (χ1v) is 6.54. The molecular weight excluding hydrogens is 300 g/mol. The molecule has 0 aliphatic heterocycles. The lowest BCUT2D eigenvalue weighted by Gasteiger charge is -2.20. The van der Waals surface area contributed by atoms with E-state index in [2.05, 4.69) is 35.1 Å². The molecule has 0 saturated carbocycles. The first-order chi connectivity index (χ1) is 8.43. The summed E-state index contributed by atoms with van der Waals surface area (Å²) in [5, 5.41) is 23.1. The SMILES string of the molecule is CC(C)CC(CO)Nc1ccc([N+](=O)[O-])cc1Br. The maximum Gasteiger partial charge on any atom is 0.270 e. The van der Waals surface area contributed by atoms with Crippen LogP contribution in [-0.2, 0) is 0 Å². The Morgan fingerprint density at radius 1 is 1.50 bits per heavy atom. The van der Waals surface area contributed by atoms with Crippen LogP contribution in [0.3, 0.4) is 0 Å². The molecule has 0 aliphatic carbocycles. The van der Waals surface area contributed by atoms with Crippen LogP contribution in [0, 0.1) is 16.0 Å². The van der Waals surface area contributed by atoms with E-state index in [-0.39, 0.29) is 18.3 Å². The van der Waals surface area contributed by atoms with Crippen LogP contribution in [0.1, 0.15) is 20.3 Å². The van der Waals surface area contributed by atoms with Crippen LogP contribution >= 0.6 is 15.9 Å². The number of halogens is 1. The minimum Gasteiger partial charge on any atom is -0.394 e. The van der Waals surface area contributed by atoms with Gasteiger partial charge in [0.1, 0.15) is 0 Å². The Balaban J connectivity index is 2.80. The number of anilines is 1. The molecule has 0 bridgehead atoms. The molecule has 1 atom stereocenters. The van der Waals surface area contributed by atoms with Gasteiger partial charge in [-0.2, -0.15) is 0 Å². The summed E-state index contributed by atoms with van der Waals surface area (Å²) in [7, 11) is 0. The van der Waals surface area contributed by atoms with Crippen molar-refractivity contribution in [3.63, 3.8) is 0 Å². The van der Waals surface area contributed by atoms with E-state index in [1.165, 1.54) is 12.1 Å². The van der Waals surface area contributed by atoms with E-state index in [4.69, 9.17) is 0 Å². The Morgan fingerprint density at radius 2 is 2.17 bits per heavy atom. The molecule has 100 valence electrons. The Kier molecular flexibility index (Phi) is 5.55. The summed E-state index contributed by atoms with van der Waals surface area (Å²) in [6.07, 6.45) is 0.833. The average molecular weight is 317 g/mol. The summed E-state index contributed by atoms with van der Waals surface area (Å²) in [6, 6.07) is 4.48. The van der Waals surface area contributed by atoms with Gasteiger partial charge in [0, 0.05) is 28.3 Å². The van der Waals surface area contributed by atoms with E-state index in [1.807, 2.05) is 0 Å². The predicted octanol–water partition coefficient (Wildman–Crippen LogP) is 3.18. The second kappa shape index (κ2) is 6.70. The molecule has 0 aromatic heterocycles. The van der Waals surface area contributed by atoms with E-state index in [9.17, 15) is 15.2 Å². The first-order valence-electron chi connectivity index (χ1n) is 5.75. The van der Waals surface area contributed by atoms with Gasteiger partial charge in [-0.3, -0.25) is 10.1 Å². The summed E-state index contributed by atoms with van der Waals surface area (Å²) in [5.74, 6) is 0.464. The molecule has 0 spiro atoms. The van der Waals surface area contributed by atoms with Crippen LogP contribution in [-0.4, -0.2) is 22.7 Å². The number of hydrogen-bond acceptors (Lipinski definition) is 4. The fraction of sp³-hybridized carbons (Fsp3) is 0.500. The molecule has 1 unspecified atom stereocenters. The zero-order valence-electron chi connectivity index (χ0n) is 10.4. The minimum atomic E-state index is -0.438. The lowest BCUT2D eigenvalue weighted by molar-refractivity contribution is -0.384. The zero-order valence-corrected chi connectivity index (χ0v) is 12.0. The van der Waals surface area contributed by atoms with Gasteiger partial charge in [-0.05, 0) is 34.3 Å². The molecule has 18 heavy (non-hydrogen) atoms. The van der Waals surface area contributed by atoms with E-state index in [0.29, 0.717) is 10.4 Å². The second-order valence-corrected chi connectivity index (χ2v) is 5.43. The van der Waals surface area contributed by atoms with E-state index in [1.54, 1.807) is 6.07 Å². The van der Waals surface area contributed by atoms with Gasteiger partial charge in [-0.15, -0.1) is 0 Å². The fourth-order valence-electron chi connectivity index (χ4n) is 1.70. The van der Waals surface area contributed by atoms with Gasteiger partial charge in [0.2, 0.25) is 0 Å². The summed E-state index contributed by atoms with van der Waals surface area (Å²) in [5.41, 5.74) is 0.789. The molecule has 0 radical (unpaired) electrons. The number of nitrogens with zero attached hydrogens (tertiary/aromatic N) is 1. The van der Waals surface area contributed by atoms with Crippen molar-refractivity contribution >= 4 is 27.3 Å². The lowest BCUT2D eigenvalue weighted by Crippen LogP contribution is -2.25. The molecular formula is C12H17BrN2O3. The Hall–Kier alpha value is -1.14. The lowest BCUT2D eigenvalue weighted by atomic mass is 10.0. The van der Waals surface area contributed by atoms with Crippen LogP contribution in [0.5, 0.6) is 0 Å². The number of aliphatic hydroxyl groups is 1. The number of rotatable bonds is 6. The van der Waals surface area contributed by atoms with Crippen molar-refractivity contribution < 1.29 is 10.0 Å². The van der Waals surface area contributed by atoms with Gasteiger partial charge < -0.3 is 10.4 Å². The topological polar surface area (TPSA) is 75.4 Å².